The third-order valence-electron chi connectivity index (χ3n) is 7.21. The van der Waals surface area contributed by atoms with E-state index in [-0.39, 0.29) is 5.91 Å². The van der Waals surface area contributed by atoms with Gasteiger partial charge >= 0.3 is 0 Å². The fourth-order valence-corrected chi connectivity index (χ4v) is 6.46. The topological polar surface area (TPSA) is 58.6 Å². The summed E-state index contributed by atoms with van der Waals surface area (Å²) in [6, 6.07) is 7.49. The highest BCUT2D eigenvalue weighted by Crippen LogP contribution is 2.44. The van der Waals surface area contributed by atoms with E-state index in [1.54, 1.807) is 7.11 Å². The van der Waals surface area contributed by atoms with Crippen LogP contribution in [-0.2, 0) is 12.8 Å². The van der Waals surface area contributed by atoms with Gasteiger partial charge in [-0.2, -0.15) is 0 Å². The molecule has 1 amide bonds. The smallest absolute Gasteiger partial charge is 0.257 e. The van der Waals surface area contributed by atoms with Crippen LogP contribution < -0.4 is 9.64 Å². The number of carbonyl (C=O) groups excluding carboxylic acids is 1. The van der Waals surface area contributed by atoms with E-state index >= 15 is 0 Å². The SMILES string of the molecule is COc1ccccc1C(=O)N1CCN(c2nc(C3CC3)nc3sc4c(c23)CCCCC4)CC1. The number of nitrogens with zero attached hydrogens (tertiary/aromatic N) is 4. The van der Waals surface area contributed by atoms with Gasteiger partial charge in [0.1, 0.15) is 22.2 Å². The van der Waals surface area contributed by atoms with Crippen molar-refractivity contribution in [1.29, 1.82) is 0 Å². The van der Waals surface area contributed by atoms with Crippen LogP contribution in [0.4, 0.5) is 5.82 Å². The van der Waals surface area contributed by atoms with Crippen LogP contribution in [0.2, 0.25) is 0 Å². The monoisotopic (exact) mass is 462 g/mol. The number of carbonyl (C=O) groups is 1. The number of benzene rings is 1. The molecule has 1 saturated heterocycles. The molecule has 33 heavy (non-hydrogen) atoms. The van der Waals surface area contributed by atoms with Crippen LogP contribution in [0.1, 0.15) is 64.6 Å². The Morgan fingerprint density at radius 1 is 1.03 bits per heavy atom. The molecule has 1 saturated carbocycles. The zero-order chi connectivity index (χ0) is 22.4. The minimum atomic E-state index is 0.0444. The van der Waals surface area contributed by atoms with E-state index in [9.17, 15) is 4.79 Å². The van der Waals surface area contributed by atoms with Crippen molar-refractivity contribution in [3.05, 3.63) is 46.1 Å². The number of amides is 1. The summed E-state index contributed by atoms with van der Waals surface area (Å²) in [5, 5.41) is 1.30. The number of methoxy groups -OCH3 is 1. The normalized spacial score (nSPS) is 18.8. The predicted molar refractivity (Wildman–Crippen MR) is 132 cm³/mol. The highest BCUT2D eigenvalue weighted by atomic mass is 32.1. The van der Waals surface area contributed by atoms with Crippen molar-refractivity contribution in [2.45, 2.75) is 50.9 Å². The maximum absolute atomic E-state index is 13.2. The number of rotatable bonds is 4. The predicted octanol–water partition coefficient (Wildman–Crippen LogP) is 4.81. The molecule has 0 radical (unpaired) electrons. The Morgan fingerprint density at radius 3 is 2.61 bits per heavy atom. The molecule has 3 heterocycles. The number of fused-ring (bicyclic) bond motifs is 3. The lowest BCUT2D eigenvalue weighted by atomic mass is 10.1. The summed E-state index contributed by atoms with van der Waals surface area (Å²) in [5.74, 6) is 3.36. The van der Waals surface area contributed by atoms with Gasteiger partial charge in [-0.25, -0.2) is 9.97 Å². The zero-order valence-corrected chi connectivity index (χ0v) is 20.0. The summed E-state index contributed by atoms with van der Waals surface area (Å²) >= 11 is 1.90. The van der Waals surface area contributed by atoms with Crippen LogP contribution in [0.15, 0.2) is 24.3 Å². The van der Waals surface area contributed by atoms with Crippen molar-refractivity contribution >= 4 is 33.3 Å². The Bertz CT molecular complexity index is 1190. The third-order valence-corrected chi connectivity index (χ3v) is 8.39. The molecule has 2 aliphatic carbocycles. The van der Waals surface area contributed by atoms with E-state index in [2.05, 4.69) is 4.90 Å². The molecule has 172 valence electrons. The van der Waals surface area contributed by atoms with Crippen LogP contribution in [-0.4, -0.2) is 54.1 Å². The fourth-order valence-electron chi connectivity index (χ4n) is 5.20. The van der Waals surface area contributed by atoms with Gasteiger partial charge in [0.2, 0.25) is 0 Å². The number of hydrogen-bond acceptors (Lipinski definition) is 6. The van der Waals surface area contributed by atoms with E-state index in [4.69, 9.17) is 14.7 Å². The summed E-state index contributed by atoms with van der Waals surface area (Å²) in [6.45, 7) is 2.96. The molecule has 6 nitrogen and oxygen atoms in total. The largest absolute Gasteiger partial charge is 0.496 e. The molecule has 1 aliphatic heterocycles. The van der Waals surface area contributed by atoms with Crippen molar-refractivity contribution < 1.29 is 9.53 Å². The molecular formula is C26H30N4O2S. The van der Waals surface area contributed by atoms with E-state index in [0.717, 1.165) is 31.2 Å². The molecule has 0 unspecified atom stereocenters. The maximum atomic E-state index is 13.2. The molecule has 2 aromatic heterocycles. The molecule has 0 spiro atoms. The molecule has 3 aliphatic rings. The third kappa shape index (κ3) is 3.86. The molecule has 1 aromatic carbocycles. The van der Waals surface area contributed by atoms with Gasteiger partial charge in [0.05, 0.1) is 18.1 Å². The zero-order valence-electron chi connectivity index (χ0n) is 19.2. The molecule has 3 aromatic rings. The highest BCUT2D eigenvalue weighted by molar-refractivity contribution is 7.19. The standard InChI is InChI=1S/C26H30N4O2S/c1-32-20-9-6-5-7-18(20)26(31)30-15-13-29(14-16-30)24-22-19-8-3-2-4-10-21(19)33-25(22)28-23(27-24)17-11-12-17/h5-7,9,17H,2-4,8,10-16H2,1H3. The average Bonchev–Trinajstić information content (AvgIpc) is 3.68. The lowest BCUT2D eigenvalue weighted by Crippen LogP contribution is -2.49. The highest BCUT2D eigenvalue weighted by Gasteiger charge is 2.32. The second-order valence-electron chi connectivity index (χ2n) is 9.40. The minimum Gasteiger partial charge on any atom is -0.496 e. The van der Waals surface area contributed by atoms with Gasteiger partial charge in [-0.1, -0.05) is 18.6 Å². The quantitative estimate of drug-likeness (QED) is 0.521. The minimum absolute atomic E-state index is 0.0444. The summed E-state index contributed by atoms with van der Waals surface area (Å²) in [5.41, 5.74) is 2.13. The first-order chi connectivity index (χ1) is 16.2. The van der Waals surface area contributed by atoms with Gasteiger partial charge in [-0.05, 0) is 56.2 Å². The Labute approximate surface area is 198 Å². The first kappa shape index (κ1) is 20.9. The molecule has 2 fully saturated rings. The van der Waals surface area contributed by atoms with E-state index in [0.29, 0.717) is 30.3 Å². The van der Waals surface area contributed by atoms with Crippen molar-refractivity contribution in [1.82, 2.24) is 14.9 Å². The van der Waals surface area contributed by atoms with Gasteiger partial charge in [-0.15, -0.1) is 11.3 Å². The summed E-state index contributed by atoms with van der Waals surface area (Å²) in [6.07, 6.45) is 8.57. The van der Waals surface area contributed by atoms with Gasteiger partial charge < -0.3 is 14.5 Å². The Hall–Kier alpha value is -2.67. The van der Waals surface area contributed by atoms with Crippen LogP contribution in [0.3, 0.4) is 0 Å². The lowest BCUT2D eigenvalue weighted by Gasteiger charge is -2.36. The Balaban J connectivity index is 1.30. The van der Waals surface area contributed by atoms with Crippen molar-refractivity contribution in [3.63, 3.8) is 0 Å². The molecular weight excluding hydrogens is 432 g/mol. The lowest BCUT2D eigenvalue weighted by molar-refractivity contribution is 0.0743. The summed E-state index contributed by atoms with van der Waals surface area (Å²) < 4.78 is 5.42. The fraction of sp³-hybridized carbons (Fsp3) is 0.500. The van der Waals surface area contributed by atoms with E-state index in [1.165, 1.54) is 59.2 Å². The van der Waals surface area contributed by atoms with Gasteiger partial charge in [0, 0.05) is 37.0 Å². The number of piperazine rings is 1. The molecule has 0 bridgehead atoms. The van der Waals surface area contributed by atoms with E-state index < -0.39 is 0 Å². The molecule has 0 atom stereocenters. The molecule has 6 rings (SSSR count). The van der Waals surface area contributed by atoms with Crippen LogP contribution in [0.25, 0.3) is 10.2 Å². The second-order valence-corrected chi connectivity index (χ2v) is 10.5. The van der Waals surface area contributed by atoms with Crippen LogP contribution in [0, 0.1) is 0 Å². The number of aryl methyl sites for hydroxylation is 2. The maximum Gasteiger partial charge on any atom is 0.257 e. The van der Waals surface area contributed by atoms with Gasteiger partial charge in [0.25, 0.3) is 5.91 Å². The molecule has 7 heteroatoms. The first-order valence-corrected chi connectivity index (χ1v) is 13.0. The molecule has 0 N–H and O–H groups in total. The number of hydrogen-bond donors (Lipinski definition) is 0. The van der Waals surface area contributed by atoms with Crippen LogP contribution in [0.5, 0.6) is 5.75 Å². The first-order valence-electron chi connectivity index (χ1n) is 12.2. The second kappa shape index (κ2) is 8.60. The number of ether oxygens (including phenoxy) is 1. The van der Waals surface area contributed by atoms with Crippen molar-refractivity contribution in [2.75, 3.05) is 38.2 Å². The number of anilines is 1. The van der Waals surface area contributed by atoms with Crippen molar-refractivity contribution in [3.8, 4) is 5.75 Å². The summed E-state index contributed by atoms with van der Waals surface area (Å²) in [4.78, 5) is 30.4. The van der Waals surface area contributed by atoms with Crippen molar-refractivity contribution in [2.24, 2.45) is 0 Å². The van der Waals surface area contributed by atoms with Gasteiger partial charge in [-0.3, -0.25) is 4.79 Å². The van der Waals surface area contributed by atoms with E-state index in [1.807, 2.05) is 40.5 Å². The number of aromatic nitrogens is 2. The summed E-state index contributed by atoms with van der Waals surface area (Å²) in [7, 11) is 1.62. The van der Waals surface area contributed by atoms with Crippen LogP contribution >= 0.6 is 11.3 Å². The van der Waals surface area contributed by atoms with Gasteiger partial charge in [0.15, 0.2) is 0 Å². The number of para-hydroxylation sites is 1. The Kier molecular flexibility index (Phi) is 5.45. The Morgan fingerprint density at radius 2 is 1.82 bits per heavy atom. The number of thiophene rings is 1. The average molecular weight is 463 g/mol.